The zero-order valence-electron chi connectivity index (χ0n) is 10.5. The topological polar surface area (TPSA) is 53.6 Å². The number of hydrogen-bond acceptors (Lipinski definition) is 3. The van der Waals surface area contributed by atoms with Gasteiger partial charge >= 0.3 is 0 Å². The van der Waals surface area contributed by atoms with E-state index >= 15 is 0 Å². The molecule has 98 valence electrons. The zero-order chi connectivity index (χ0) is 14.0. The van der Waals surface area contributed by atoms with Gasteiger partial charge in [0.15, 0.2) is 0 Å². The Morgan fingerprint density at radius 3 is 2.84 bits per heavy atom. The van der Waals surface area contributed by atoms with Gasteiger partial charge < -0.3 is 5.32 Å². The molecule has 1 N–H and O–H groups in total. The number of benzene rings is 1. The molecule has 0 saturated heterocycles. The highest BCUT2D eigenvalue weighted by atomic mass is 35.5. The molecule has 1 aromatic carbocycles. The lowest BCUT2D eigenvalue weighted by atomic mass is 10.1. The van der Waals surface area contributed by atoms with Crippen molar-refractivity contribution in [2.45, 2.75) is 13.5 Å². The second-order valence-corrected chi connectivity index (χ2v) is 4.46. The Balaban J connectivity index is 2.25. The first-order chi connectivity index (χ1) is 9.04. The van der Waals surface area contributed by atoms with Crippen LogP contribution in [0.1, 0.15) is 16.8 Å². The van der Waals surface area contributed by atoms with Gasteiger partial charge in [-0.15, -0.1) is 0 Å². The second kappa shape index (κ2) is 5.29. The van der Waals surface area contributed by atoms with E-state index in [0.717, 1.165) is 11.3 Å². The number of nitrogens with zero attached hydrogens (tertiary/aromatic N) is 3. The van der Waals surface area contributed by atoms with Crippen LogP contribution in [0.15, 0.2) is 18.2 Å². The van der Waals surface area contributed by atoms with E-state index in [9.17, 15) is 4.39 Å². The predicted octanol–water partition coefficient (Wildman–Crippen LogP) is 3.00. The summed E-state index contributed by atoms with van der Waals surface area (Å²) in [5, 5.41) is 16.7. The van der Waals surface area contributed by atoms with Crippen molar-refractivity contribution in [1.29, 1.82) is 5.26 Å². The monoisotopic (exact) mass is 278 g/mol. The number of aryl methyl sites for hydroxylation is 2. The summed E-state index contributed by atoms with van der Waals surface area (Å²) in [5.41, 5.74) is 2.08. The highest BCUT2D eigenvalue weighted by Gasteiger charge is 2.12. The molecule has 0 aliphatic rings. The maximum Gasteiger partial charge on any atom is 0.143 e. The van der Waals surface area contributed by atoms with Crippen LogP contribution < -0.4 is 5.32 Å². The number of halogens is 2. The molecule has 4 nitrogen and oxygen atoms in total. The Kier molecular flexibility index (Phi) is 3.72. The van der Waals surface area contributed by atoms with Crippen LogP contribution in [0.2, 0.25) is 5.15 Å². The number of hydrogen-bond donors (Lipinski definition) is 1. The molecule has 0 bridgehead atoms. The summed E-state index contributed by atoms with van der Waals surface area (Å²) in [6.07, 6.45) is 0. The zero-order valence-corrected chi connectivity index (χ0v) is 11.3. The van der Waals surface area contributed by atoms with Crippen molar-refractivity contribution in [3.8, 4) is 6.07 Å². The third-order valence-corrected chi connectivity index (χ3v) is 3.32. The summed E-state index contributed by atoms with van der Waals surface area (Å²) in [6.45, 7) is 2.23. The van der Waals surface area contributed by atoms with E-state index in [0.29, 0.717) is 17.4 Å². The first-order valence-corrected chi connectivity index (χ1v) is 6.03. The molecule has 2 aromatic rings. The molecule has 0 fully saturated rings. The lowest BCUT2D eigenvalue weighted by Crippen LogP contribution is -2.03. The largest absolute Gasteiger partial charge is 0.380 e. The summed E-state index contributed by atoms with van der Waals surface area (Å²) < 4.78 is 15.0. The fraction of sp³-hybridized carbons (Fsp3) is 0.231. The third-order valence-electron chi connectivity index (χ3n) is 2.85. The van der Waals surface area contributed by atoms with Crippen LogP contribution >= 0.6 is 11.6 Å². The molecule has 0 saturated carbocycles. The number of nitriles is 1. The normalized spacial score (nSPS) is 10.3. The quantitative estimate of drug-likeness (QED) is 0.939. The molecule has 0 aliphatic carbocycles. The smallest absolute Gasteiger partial charge is 0.143 e. The maximum atomic E-state index is 13.4. The van der Waals surface area contributed by atoms with Crippen LogP contribution in [-0.2, 0) is 13.6 Å². The molecule has 0 aliphatic heterocycles. The first kappa shape index (κ1) is 13.4. The number of nitrogens with one attached hydrogen (secondary N) is 1. The summed E-state index contributed by atoms with van der Waals surface area (Å²) in [6, 6.07) is 6.31. The lowest BCUT2D eigenvalue weighted by molar-refractivity contribution is 0.624. The van der Waals surface area contributed by atoms with Crippen molar-refractivity contribution >= 4 is 17.3 Å². The van der Waals surface area contributed by atoms with Gasteiger partial charge in [0.25, 0.3) is 0 Å². The first-order valence-electron chi connectivity index (χ1n) is 5.65. The molecule has 2 rings (SSSR count). The number of aromatic nitrogens is 2. The molecule has 0 atom stereocenters. The Morgan fingerprint density at radius 2 is 2.26 bits per heavy atom. The number of anilines is 1. The van der Waals surface area contributed by atoms with Gasteiger partial charge in [0.05, 0.1) is 11.4 Å². The standard InChI is InChI=1S/C13H12ClFN4/c1-8-10(13(14)19(2)18-8)7-17-12-5-3-4-11(15)9(12)6-16/h3-5,17H,7H2,1-2H3. The predicted molar refractivity (Wildman–Crippen MR) is 71.4 cm³/mol. The molecular formula is C13H12ClFN4. The van der Waals surface area contributed by atoms with Gasteiger partial charge in [0.2, 0.25) is 0 Å². The Hall–Kier alpha value is -2.06. The van der Waals surface area contributed by atoms with Gasteiger partial charge in [-0.2, -0.15) is 10.4 Å². The Morgan fingerprint density at radius 1 is 1.53 bits per heavy atom. The van der Waals surface area contributed by atoms with Crippen molar-refractivity contribution in [3.63, 3.8) is 0 Å². The van der Waals surface area contributed by atoms with Crippen molar-refractivity contribution in [2.75, 3.05) is 5.32 Å². The molecule has 1 aromatic heterocycles. The Labute approximate surface area is 115 Å². The third kappa shape index (κ3) is 2.54. The molecule has 19 heavy (non-hydrogen) atoms. The van der Waals surface area contributed by atoms with Crippen LogP contribution in [0.25, 0.3) is 0 Å². The van der Waals surface area contributed by atoms with Gasteiger partial charge in [0.1, 0.15) is 22.6 Å². The van der Waals surface area contributed by atoms with Crippen LogP contribution in [0.4, 0.5) is 10.1 Å². The van der Waals surface area contributed by atoms with E-state index in [-0.39, 0.29) is 5.56 Å². The minimum atomic E-state index is -0.540. The van der Waals surface area contributed by atoms with E-state index in [4.69, 9.17) is 16.9 Å². The Bertz CT molecular complexity index is 657. The average molecular weight is 279 g/mol. The molecular weight excluding hydrogens is 267 g/mol. The molecule has 6 heteroatoms. The van der Waals surface area contributed by atoms with Gasteiger partial charge in [-0.05, 0) is 19.1 Å². The summed E-state index contributed by atoms with van der Waals surface area (Å²) in [4.78, 5) is 0. The minimum Gasteiger partial charge on any atom is -0.380 e. The van der Waals surface area contributed by atoms with Crippen molar-refractivity contribution in [1.82, 2.24) is 9.78 Å². The maximum absolute atomic E-state index is 13.4. The minimum absolute atomic E-state index is 0.000154. The van der Waals surface area contributed by atoms with Crippen LogP contribution in [-0.4, -0.2) is 9.78 Å². The van der Waals surface area contributed by atoms with Crippen LogP contribution in [0.5, 0.6) is 0 Å². The highest BCUT2D eigenvalue weighted by molar-refractivity contribution is 6.30. The second-order valence-electron chi connectivity index (χ2n) is 4.11. The van der Waals surface area contributed by atoms with Crippen molar-refractivity contribution in [2.24, 2.45) is 7.05 Å². The SMILES string of the molecule is Cc1nn(C)c(Cl)c1CNc1cccc(F)c1C#N. The fourth-order valence-electron chi connectivity index (χ4n) is 1.84. The molecule has 0 amide bonds. The molecule has 0 radical (unpaired) electrons. The van der Waals surface area contributed by atoms with Crippen molar-refractivity contribution < 1.29 is 4.39 Å². The van der Waals surface area contributed by atoms with Gasteiger partial charge in [-0.1, -0.05) is 17.7 Å². The summed E-state index contributed by atoms with van der Waals surface area (Å²) in [7, 11) is 1.75. The molecule has 0 spiro atoms. The lowest BCUT2D eigenvalue weighted by Gasteiger charge is -2.08. The summed E-state index contributed by atoms with van der Waals surface area (Å²) in [5.74, 6) is -0.540. The van der Waals surface area contributed by atoms with E-state index in [1.165, 1.54) is 6.07 Å². The molecule has 0 unspecified atom stereocenters. The average Bonchev–Trinajstić information content (AvgIpc) is 2.61. The molecule has 1 heterocycles. The van der Waals surface area contributed by atoms with E-state index in [2.05, 4.69) is 10.4 Å². The highest BCUT2D eigenvalue weighted by Crippen LogP contribution is 2.22. The van der Waals surface area contributed by atoms with E-state index < -0.39 is 5.82 Å². The van der Waals surface area contributed by atoms with Gasteiger partial charge in [-0.25, -0.2) is 4.39 Å². The number of rotatable bonds is 3. The van der Waals surface area contributed by atoms with Crippen LogP contribution in [0.3, 0.4) is 0 Å². The van der Waals surface area contributed by atoms with Crippen LogP contribution in [0, 0.1) is 24.1 Å². The summed E-state index contributed by atoms with van der Waals surface area (Å²) >= 11 is 6.11. The van der Waals surface area contributed by atoms with Gasteiger partial charge in [-0.3, -0.25) is 4.68 Å². The fourth-order valence-corrected chi connectivity index (χ4v) is 2.08. The van der Waals surface area contributed by atoms with E-state index in [1.807, 2.05) is 13.0 Å². The van der Waals surface area contributed by atoms with E-state index in [1.54, 1.807) is 23.9 Å². The van der Waals surface area contributed by atoms with Crippen molar-refractivity contribution in [3.05, 3.63) is 46.0 Å². The van der Waals surface area contributed by atoms with Gasteiger partial charge in [0, 0.05) is 19.2 Å².